The number of pyridine rings is 2. The lowest BCUT2D eigenvalue weighted by Gasteiger charge is -2.30. The molecule has 3 heterocycles. The number of benzene rings is 1. The minimum absolute atomic E-state index is 0.0830. The third kappa shape index (κ3) is 2.73. The van der Waals surface area contributed by atoms with Crippen molar-refractivity contribution in [1.29, 1.82) is 0 Å². The van der Waals surface area contributed by atoms with Crippen LogP contribution in [-0.2, 0) is 11.2 Å². The first-order chi connectivity index (χ1) is 12.7. The zero-order valence-corrected chi connectivity index (χ0v) is 14.5. The van der Waals surface area contributed by atoms with Gasteiger partial charge in [0.25, 0.3) is 0 Å². The lowest BCUT2D eigenvalue weighted by molar-refractivity contribution is 0.0523. The van der Waals surface area contributed by atoms with Gasteiger partial charge in [-0.25, -0.2) is 4.79 Å². The summed E-state index contributed by atoms with van der Waals surface area (Å²) in [5, 5.41) is 11.0. The SMILES string of the molecule is CCOC(=O)c1cnc2cc(N3CCCc4ncccc43)ccc2c1O. The van der Waals surface area contributed by atoms with E-state index in [-0.39, 0.29) is 17.9 Å². The summed E-state index contributed by atoms with van der Waals surface area (Å²) in [4.78, 5) is 23.0. The second-order valence-corrected chi connectivity index (χ2v) is 6.17. The molecule has 3 aromatic rings. The van der Waals surface area contributed by atoms with Crippen LogP contribution in [0.4, 0.5) is 11.4 Å². The van der Waals surface area contributed by atoms with E-state index in [9.17, 15) is 9.90 Å². The van der Waals surface area contributed by atoms with Crippen LogP contribution in [0.3, 0.4) is 0 Å². The highest BCUT2D eigenvalue weighted by molar-refractivity contribution is 6.00. The number of aromatic nitrogens is 2. The molecular weight excluding hydrogens is 330 g/mol. The molecule has 1 aliphatic rings. The first-order valence-corrected chi connectivity index (χ1v) is 8.69. The number of carbonyl (C=O) groups is 1. The molecule has 4 rings (SSSR count). The van der Waals surface area contributed by atoms with Crippen molar-refractivity contribution >= 4 is 28.2 Å². The fraction of sp³-hybridized carbons (Fsp3) is 0.250. The van der Waals surface area contributed by atoms with Crippen LogP contribution in [-0.4, -0.2) is 34.2 Å². The number of anilines is 2. The standard InChI is InChI=1S/C20H19N3O3/c1-2-26-20(25)15-12-22-17-11-13(7-8-14(17)19(15)24)23-10-4-5-16-18(23)6-3-9-21-16/h3,6-9,11-12H,2,4-5,10H2,1H3,(H,22,24). The molecule has 2 aromatic heterocycles. The van der Waals surface area contributed by atoms with E-state index in [4.69, 9.17) is 4.74 Å². The van der Waals surface area contributed by atoms with Gasteiger partial charge in [0, 0.05) is 30.0 Å². The minimum atomic E-state index is -0.570. The number of hydrogen-bond acceptors (Lipinski definition) is 6. The Morgan fingerprint density at radius 3 is 3.04 bits per heavy atom. The molecule has 0 aliphatic carbocycles. The number of nitrogens with zero attached hydrogens (tertiary/aromatic N) is 3. The van der Waals surface area contributed by atoms with Gasteiger partial charge in [-0.2, -0.15) is 0 Å². The van der Waals surface area contributed by atoms with E-state index in [0.29, 0.717) is 10.9 Å². The van der Waals surface area contributed by atoms with Gasteiger partial charge in [0.05, 0.1) is 23.5 Å². The highest BCUT2D eigenvalue weighted by atomic mass is 16.5. The third-order valence-corrected chi connectivity index (χ3v) is 4.58. The predicted octanol–water partition coefficient (Wildman–Crippen LogP) is 3.60. The molecule has 0 spiro atoms. The molecule has 26 heavy (non-hydrogen) atoms. The Bertz CT molecular complexity index is 987. The Kier molecular flexibility index (Phi) is 4.16. The molecule has 0 atom stereocenters. The van der Waals surface area contributed by atoms with E-state index in [0.717, 1.165) is 36.5 Å². The minimum Gasteiger partial charge on any atom is -0.506 e. The summed E-state index contributed by atoms with van der Waals surface area (Å²) in [5.41, 5.74) is 3.89. The van der Waals surface area contributed by atoms with Crippen LogP contribution in [0.15, 0.2) is 42.7 Å². The summed E-state index contributed by atoms with van der Waals surface area (Å²) in [6, 6.07) is 9.65. The van der Waals surface area contributed by atoms with Gasteiger partial charge in [-0.05, 0) is 50.1 Å². The van der Waals surface area contributed by atoms with Crippen LogP contribution in [0.25, 0.3) is 10.9 Å². The number of rotatable bonds is 3. The summed E-state index contributed by atoms with van der Waals surface area (Å²) in [6.07, 6.45) is 5.19. The second-order valence-electron chi connectivity index (χ2n) is 6.17. The zero-order valence-electron chi connectivity index (χ0n) is 14.5. The summed E-state index contributed by atoms with van der Waals surface area (Å²) < 4.78 is 4.96. The fourth-order valence-electron chi connectivity index (χ4n) is 3.35. The molecule has 1 N–H and O–H groups in total. The Hall–Kier alpha value is -3.15. The van der Waals surface area contributed by atoms with E-state index in [2.05, 4.69) is 20.9 Å². The van der Waals surface area contributed by atoms with Gasteiger partial charge in [0.2, 0.25) is 0 Å². The highest BCUT2D eigenvalue weighted by Crippen LogP contribution is 2.35. The maximum Gasteiger partial charge on any atom is 0.343 e. The van der Waals surface area contributed by atoms with Crippen LogP contribution in [0.5, 0.6) is 5.75 Å². The normalized spacial score (nSPS) is 13.5. The molecule has 0 saturated heterocycles. The van der Waals surface area contributed by atoms with Crippen LogP contribution in [0.2, 0.25) is 0 Å². The third-order valence-electron chi connectivity index (χ3n) is 4.58. The lowest BCUT2D eigenvalue weighted by atomic mass is 10.1. The Labute approximate surface area is 151 Å². The van der Waals surface area contributed by atoms with Gasteiger partial charge < -0.3 is 14.7 Å². The molecule has 0 fully saturated rings. The molecule has 132 valence electrons. The van der Waals surface area contributed by atoms with Crippen molar-refractivity contribution in [2.45, 2.75) is 19.8 Å². The van der Waals surface area contributed by atoms with Gasteiger partial charge in [-0.15, -0.1) is 0 Å². The molecule has 0 saturated carbocycles. The molecule has 0 amide bonds. The smallest absolute Gasteiger partial charge is 0.343 e. The van der Waals surface area contributed by atoms with Crippen molar-refractivity contribution in [3.05, 3.63) is 54.0 Å². The van der Waals surface area contributed by atoms with Crippen molar-refractivity contribution in [2.75, 3.05) is 18.1 Å². The van der Waals surface area contributed by atoms with E-state index in [1.165, 1.54) is 6.20 Å². The van der Waals surface area contributed by atoms with Crippen LogP contribution >= 0.6 is 0 Å². The Balaban J connectivity index is 1.76. The first-order valence-electron chi connectivity index (χ1n) is 8.69. The van der Waals surface area contributed by atoms with Gasteiger partial charge in [-0.3, -0.25) is 9.97 Å². The molecule has 0 radical (unpaired) electrons. The number of carbonyl (C=O) groups excluding carboxylic acids is 1. The Morgan fingerprint density at radius 1 is 1.31 bits per heavy atom. The first kappa shape index (κ1) is 16.3. The second kappa shape index (κ2) is 6.63. The molecule has 0 bridgehead atoms. The summed E-state index contributed by atoms with van der Waals surface area (Å²) in [7, 11) is 0. The number of aryl methyl sites for hydroxylation is 1. The number of aromatic hydroxyl groups is 1. The topological polar surface area (TPSA) is 75.5 Å². The Morgan fingerprint density at radius 2 is 2.19 bits per heavy atom. The largest absolute Gasteiger partial charge is 0.506 e. The quantitative estimate of drug-likeness (QED) is 0.728. The summed E-state index contributed by atoms with van der Waals surface area (Å²) in [5.74, 6) is -0.666. The van der Waals surface area contributed by atoms with Gasteiger partial charge in [0.15, 0.2) is 0 Å². The molecule has 6 heteroatoms. The van der Waals surface area contributed by atoms with Crippen molar-refractivity contribution in [3.63, 3.8) is 0 Å². The van der Waals surface area contributed by atoms with Gasteiger partial charge in [-0.1, -0.05) is 0 Å². The van der Waals surface area contributed by atoms with Crippen molar-refractivity contribution in [1.82, 2.24) is 9.97 Å². The summed E-state index contributed by atoms with van der Waals surface area (Å²) >= 11 is 0. The summed E-state index contributed by atoms with van der Waals surface area (Å²) in [6.45, 7) is 2.87. The van der Waals surface area contributed by atoms with E-state index in [1.54, 1.807) is 13.0 Å². The van der Waals surface area contributed by atoms with E-state index < -0.39 is 5.97 Å². The maximum absolute atomic E-state index is 11.9. The maximum atomic E-state index is 11.9. The van der Waals surface area contributed by atoms with Gasteiger partial charge in [0.1, 0.15) is 11.3 Å². The molecule has 6 nitrogen and oxygen atoms in total. The number of fused-ring (bicyclic) bond motifs is 2. The molecule has 0 unspecified atom stereocenters. The monoisotopic (exact) mass is 349 g/mol. The van der Waals surface area contributed by atoms with E-state index >= 15 is 0 Å². The average molecular weight is 349 g/mol. The van der Waals surface area contributed by atoms with Crippen LogP contribution in [0, 0.1) is 0 Å². The number of esters is 1. The molecular formula is C20H19N3O3. The van der Waals surface area contributed by atoms with Crippen LogP contribution in [0.1, 0.15) is 29.4 Å². The predicted molar refractivity (Wildman–Crippen MR) is 98.9 cm³/mol. The molecule has 1 aliphatic heterocycles. The number of hydrogen-bond donors (Lipinski definition) is 1. The van der Waals surface area contributed by atoms with Crippen molar-refractivity contribution < 1.29 is 14.6 Å². The fourth-order valence-corrected chi connectivity index (χ4v) is 3.35. The number of ether oxygens (including phenoxy) is 1. The van der Waals surface area contributed by atoms with Crippen molar-refractivity contribution in [3.8, 4) is 5.75 Å². The highest BCUT2D eigenvalue weighted by Gasteiger charge is 2.21. The van der Waals surface area contributed by atoms with E-state index in [1.807, 2.05) is 24.4 Å². The van der Waals surface area contributed by atoms with Crippen LogP contribution < -0.4 is 4.90 Å². The van der Waals surface area contributed by atoms with Gasteiger partial charge >= 0.3 is 5.97 Å². The molecule has 1 aromatic carbocycles. The van der Waals surface area contributed by atoms with Crippen molar-refractivity contribution in [2.24, 2.45) is 0 Å². The zero-order chi connectivity index (χ0) is 18.1. The average Bonchev–Trinajstić information content (AvgIpc) is 2.67. The lowest BCUT2D eigenvalue weighted by Crippen LogP contribution is -2.25.